The van der Waals surface area contributed by atoms with E-state index in [-0.39, 0.29) is 0 Å². The molecule has 1 heterocycles. The van der Waals surface area contributed by atoms with Crippen LogP contribution in [0.25, 0.3) is 11.1 Å². The SMILES string of the molecule is CC(C)Cc1nc(CC(C)C)n(Cc2ccc(-c3cccc(C(=O)O)c3)cc2)n1. The van der Waals surface area contributed by atoms with Gasteiger partial charge in [0.1, 0.15) is 5.82 Å². The van der Waals surface area contributed by atoms with E-state index in [0.29, 0.717) is 23.9 Å². The van der Waals surface area contributed by atoms with Gasteiger partial charge in [0.25, 0.3) is 0 Å². The smallest absolute Gasteiger partial charge is 0.335 e. The largest absolute Gasteiger partial charge is 0.478 e. The van der Waals surface area contributed by atoms with Gasteiger partial charge >= 0.3 is 5.97 Å². The first-order valence-electron chi connectivity index (χ1n) is 10.2. The van der Waals surface area contributed by atoms with Gasteiger partial charge in [-0.1, -0.05) is 64.1 Å². The van der Waals surface area contributed by atoms with E-state index in [1.54, 1.807) is 18.2 Å². The number of carboxylic acids is 1. The standard InChI is InChI=1S/C24H29N3O2/c1-16(2)12-22-25-23(13-17(3)4)27(26-22)15-18-8-10-19(11-9-18)20-6-5-7-21(14-20)24(28)29/h5-11,14,16-17H,12-13,15H2,1-4H3,(H,28,29). The Morgan fingerprint density at radius 3 is 2.28 bits per heavy atom. The monoisotopic (exact) mass is 391 g/mol. The second-order valence-corrected chi connectivity index (χ2v) is 8.38. The van der Waals surface area contributed by atoms with Crippen molar-refractivity contribution in [1.29, 1.82) is 0 Å². The van der Waals surface area contributed by atoms with Crippen molar-refractivity contribution in [1.82, 2.24) is 14.8 Å². The quantitative estimate of drug-likeness (QED) is 0.581. The predicted molar refractivity (Wildman–Crippen MR) is 115 cm³/mol. The van der Waals surface area contributed by atoms with Crippen molar-refractivity contribution in [2.45, 2.75) is 47.1 Å². The maximum absolute atomic E-state index is 11.2. The molecule has 5 heteroatoms. The Balaban J connectivity index is 1.81. The number of aromatic carboxylic acids is 1. The second kappa shape index (κ2) is 9.03. The average Bonchev–Trinajstić information content (AvgIpc) is 3.01. The van der Waals surface area contributed by atoms with E-state index in [2.05, 4.69) is 39.8 Å². The summed E-state index contributed by atoms with van der Waals surface area (Å²) in [5, 5.41) is 13.9. The van der Waals surface area contributed by atoms with E-state index < -0.39 is 5.97 Å². The van der Waals surface area contributed by atoms with Crippen molar-refractivity contribution in [2.24, 2.45) is 11.8 Å². The van der Waals surface area contributed by atoms with E-state index in [1.807, 2.05) is 22.9 Å². The van der Waals surface area contributed by atoms with Crippen LogP contribution < -0.4 is 0 Å². The van der Waals surface area contributed by atoms with Crippen LogP contribution in [0.1, 0.15) is 55.3 Å². The minimum absolute atomic E-state index is 0.296. The molecule has 0 saturated heterocycles. The first kappa shape index (κ1) is 20.8. The molecule has 3 rings (SSSR count). The molecule has 0 bridgehead atoms. The highest BCUT2D eigenvalue weighted by Crippen LogP contribution is 2.22. The molecule has 0 radical (unpaired) electrons. The van der Waals surface area contributed by atoms with Crippen LogP contribution in [0.3, 0.4) is 0 Å². The lowest BCUT2D eigenvalue weighted by molar-refractivity contribution is 0.0697. The number of hydrogen-bond acceptors (Lipinski definition) is 3. The fraction of sp³-hybridized carbons (Fsp3) is 0.375. The van der Waals surface area contributed by atoms with Crippen molar-refractivity contribution >= 4 is 5.97 Å². The van der Waals surface area contributed by atoms with E-state index in [1.165, 1.54) is 0 Å². The third-order valence-corrected chi connectivity index (χ3v) is 4.70. The van der Waals surface area contributed by atoms with Crippen LogP contribution in [-0.4, -0.2) is 25.8 Å². The molecule has 0 atom stereocenters. The van der Waals surface area contributed by atoms with Gasteiger partial charge in [0.15, 0.2) is 5.82 Å². The predicted octanol–water partition coefficient (Wildman–Crippen LogP) is 5.09. The summed E-state index contributed by atoms with van der Waals surface area (Å²) in [4.78, 5) is 16.0. The van der Waals surface area contributed by atoms with E-state index in [0.717, 1.165) is 41.2 Å². The van der Waals surface area contributed by atoms with Crippen molar-refractivity contribution in [3.05, 3.63) is 71.3 Å². The van der Waals surface area contributed by atoms with Gasteiger partial charge in [0.2, 0.25) is 0 Å². The minimum Gasteiger partial charge on any atom is -0.478 e. The third kappa shape index (κ3) is 5.53. The average molecular weight is 392 g/mol. The fourth-order valence-electron chi connectivity index (χ4n) is 3.33. The Kier molecular flexibility index (Phi) is 6.47. The number of carboxylic acid groups (broad SMARTS) is 1. The molecular weight excluding hydrogens is 362 g/mol. The highest BCUT2D eigenvalue weighted by molar-refractivity contribution is 5.89. The van der Waals surface area contributed by atoms with Crippen LogP contribution in [0.15, 0.2) is 48.5 Å². The molecule has 152 valence electrons. The third-order valence-electron chi connectivity index (χ3n) is 4.70. The number of rotatable bonds is 8. The van der Waals surface area contributed by atoms with E-state index in [9.17, 15) is 9.90 Å². The number of hydrogen-bond donors (Lipinski definition) is 1. The van der Waals surface area contributed by atoms with Crippen molar-refractivity contribution in [3.8, 4) is 11.1 Å². The van der Waals surface area contributed by atoms with E-state index in [4.69, 9.17) is 10.1 Å². The molecule has 29 heavy (non-hydrogen) atoms. The molecule has 0 aliphatic rings. The van der Waals surface area contributed by atoms with Crippen LogP contribution in [0.2, 0.25) is 0 Å². The zero-order valence-electron chi connectivity index (χ0n) is 17.6. The van der Waals surface area contributed by atoms with Crippen LogP contribution >= 0.6 is 0 Å². The van der Waals surface area contributed by atoms with Gasteiger partial charge in [-0.05, 0) is 40.7 Å². The zero-order valence-corrected chi connectivity index (χ0v) is 17.6. The van der Waals surface area contributed by atoms with Gasteiger partial charge in [-0.2, -0.15) is 5.10 Å². The summed E-state index contributed by atoms with van der Waals surface area (Å²) in [5.41, 5.74) is 3.34. The van der Waals surface area contributed by atoms with Crippen LogP contribution in [0, 0.1) is 11.8 Å². The molecule has 0 fully saturated rings. The highest BCUT2D eigenvalue weighted by atomic mass is 16.4. The fourth-order valence-corrected chi connectivity index (χ4v) is 3.33. The first-order valence-corrected chi connectivity index (χ1v) is 10.2. The Morgan fingerprint density at radius 2 is 1.66 bits per heavy atom. The normalized spacial score (nSPS) is 11.4. The molecule has 0 spiro atoms. The van der Waals surface area contributed by atoms with Gasteiger partial charge in [-0.3, -0.25) is 0 Å². The summed E-state index contributed by atoms with van der Waals surface area (Å²) >= 11 is 0. The first-order chi connectivity index (χ1) is 13.8. The van der Waals surface area contributed by atoms with Crippen molar-refractivity contribution in [2.75, 3.05) is 0 Å². The van der Waals surface area contributed by atoms with Crippen molar-refractivity contribution in [3.63, 3.8) is 0 Å². The second-order valence-electron chi connectivity index (χ2n) is 8.38. The molecule has 5 nitrogen and oxygen atoms in total. The summed E-state index contributed by atoms with van der Waals surface area (Å²) in [5.74, 6) is 2.09. The molecule has 0 saturated carbocycles. The minimum atomic E-state index is -0.912. The maximum Gasteiger partial charge on any atom is 0.335 e. The van der Waals surface area contributed by atoms with Crippen molar-refractivity contribution < 1.29 is 9.90 Å². The van der Waals surface area contributed by atoms with Gasteiger partial charge < -0.3 is 5.11 Å². The molecule has 3 aromatic rings. The Labute approximate surface area is 172 Å². The number of nitrogens with zero attached hydrogens (tertiary/aromatic N) is 3. The maximum atomic E-state index is 11.2. The summed E-state index contributed by atoms with van der Waals surface area (Å²) < 4.78 is 2.03. The van der Waals surface area contributed by atoms with Gasteiger partial charge in [0.05, 0.1) is 12.1 Å². The summed E-state index contributed by atoms with van der Waals surface area (Å²) in [6.45, 7) is 9.44. The molecule has 1 N–H and O–H groups in total. The summed E-state index contributed by atoms with van der Waals surface area (Å²) in [7, 11) is 0. The number of aromatic nitrogens is 3. The zero-order chi connectivity index (χ0) is 21.0. The van der Waals surface area contributed by atoms with Crippen LogP contribution in [0.5, 0.6) is 0 Å². The Morgan fingerprint density at radius 1 is 0.966 bits per heavy atom. The van der Waals surface area contributed by atoms with Gasteiger partial charge in [-0.25, -0.2) is 14.5 Å². The number of carbonyl (C=O) groups is 1. The van der Waals surface area contributed by atoms with Crippen LogP contribution in [0.4, 0.5) is 0 Å². The van der Waals surface area contributed by atoms with Gasteiger partial charge in [-0.15, -0.1) is 0 Å². The summed E-state index contributed by atoms with van der Waals surface area (Å²) in [6, 6.07) is 15.2. The molecule has 0 amide bonds. The lowest BCUT2D eigenvalue weighted by Crippen LogP contribution is -2.09. The Hall–Kier alpha value is -2.95. The molecule has 2 aromatic carbocycles. The number of benzene rings is 2. The topological polar surface area (TPSA) is 68.0 Å². The highest BCUT2D eigenvalue weighted by Gasteiger charge is 2.13. The molecule has 0 aliphatic carbocycles. The molecular formula is C24H29N3O2. The molecule has 0 unspecified atom stereocenters. The lowest BCUT2D eigenvalue weighted by atomic mass is 10.0. The Bertz CT molecular complexity index is 972. The van der Waals surface area contributed by atoms with Crippen LogP contribution in [-0.2, 0) is 19.4 Å². The van der Waals surface area contributed by atoms with E-state index >= 15 is 0 Å². The summed E-state index contributed by atoms with van der Waals surface area (Å²) in [6.07, 6.45) is 1.79. The molecule has 0 aliphatic heterocycles. The van der Waals surface area contributed by atoms with Gasteiger partial charge in [0, 0.05) is 12.8 Å². The molecule has 1 aromatic heterocycles. The lowest BCUT2D eigenvalue weighted by Gasteiger charge is -2.09.